The van der Waals surface area contributed by atoms with Crippen molar-refractivity contribution in [2.75, 3.05) is 4.90 Å². The summed E-state index contributed by atoms with van der Waals surface area (Å²) in [6.07, 6.45) is 3.46. The maximum absolute atomic E-state index is 13.4. The Labute approximate surface area is 159 Å². The molecule has 2 aliphatic rings. The highest BCUT2D eigenvalue weighted by Crippen LogP contribution is 2.35. The van der Waals surface area contributed by atoms with E-state index in [1.54, 1.807) is 11.1 Å². The van der Waals surface area contributed by atoms with Crippen LogP contribution in [-0.4, -0.2) is 16.5 Å². The standard InChI is InChI=1S/C21H17BrN2O2/c1-12-9-14-10-15(22)5-6-18(14)24(12)21(26)17-11-23-8-7-13-3-2-4-16(19(13)23)20(17)25/h2-6,10-12H,7-9H2,1H3. The van der Waals surface area contributed by atoms with Gasteiger partial charge in [0.2, 0.25) is 5.43 Å². The molecule has 0 aliphatic carbocycles. The summed E-state index contributed by atoms with van der Waals surface area (Å²) in [5.41, 5.74) is 4.30. The van der Waals surface area contributed by atoms with Gasteiger partial charge in [0.1, 0.15) is 5.56 Å². The molecule has 4 nitrogen and oxygen atoms in total. The number of carbonyl (C=O) groups is 1. The van der Waals surface area contributed by atoms with Crippen LogP contribution in [0.3, 0.4) is 0 Å². The number of amides is 1. The molecule has 2 aromatic carbocycles. The van der Waals surface area contributed by atoms with Gasteiger partial charge in [0.25, 0.3) is 5.91 Å². The molecule has 0 bridgehead atoms. The second-order valence-electron chi connectivity index (χ2n) is 7.13. The Kier molecular flexibility index (Phi) is 3.38. The minimum absolute atomic E-state index is 0.0341. The number of hydrogen-bond acceptors (Lipinski definition) is 2. The highest BCUT2D eigenvalue weighted by atomic mass is 79.9. The van der Waals surface area contributed by atoms with E-state index >= 15 is 0 Å². The van der Waals surface area contributed by atoms with Gasteiger partial charge in [-0.1, -0.05) is 28.1 Å². The summed E-state index contributed by atoms with van der Waals surface area (Å²) in [7, 11) is 0. The van der Waals surface area contributed by atoms with E-state index in [1.165, 1.54) is 5.56 Å². The molecule has 1 amide bonds. The Hall–Kier alpha value is -2.40. The van der Waals surface area contributed by atoms with E-state index in [-0.39, 0.29) is 22.9 Å². The molecule has 1 aromatic heterocycles. The maximum Gasteiger partial charge on any atom is 0.264 e. The van der Waals surface area contributed by atoms with Gasteiger partial charge in [-0.15, -0.1) is 0 Å². The lowest BCUT2D eigenvalue weighted by molar-refractivity contribution is 0.0980. The van der Waals surface area contributed by atoms with Crippen molar-refractivity contribution in [1.29, 1.82) is 0 Å². The summed E-state index contributed by atoms with van der Waals surface area (Å²) in [6.45, 7) is 2.84. The van der Waals surface area contributed by atoms with Crippen molar-refractivity contribution in [2.45, 2.75) is 32.4 Å². The second-order valence-corrected chi connectivity index (χ2v) is 8.05. The van der Waals surface area contributed by atoms with E-state index in [0.29, 0.717) is 5.39 Å². The van der Waals surface area contributed by atoms with Crippen molar-refractivity contribution in [2.24, 2.45) is 0 Å². The van der Waals surface area contributed by atoms with Gasteiger partial charge in [-0.25, -0.2) is 0 Å². The van der Waals surface area contributed by atoms with Crippen LogP contribution in [0.5, 0.6) is 0 Å². The van der Waals surface area contributed by atoms with Crippen molar-refractivity contribution in [3.05, 3.63) is 74.0 Å². The van der Waals surface area contributed by atoms with Crippen LogP contribution in [-0.2, 0) is 19.4 Å². The summed E-state index contributed by atoms with van der Waals surface area (Å²) in [6, 6.07) is 11.8. The molecule has 130 valence electrons. The van der Waals surface area contributed by atoms with Gasteiger partial charge in [0.05, 0.1) is 5.52 Å². The fourth-order valence-electron chi connectivity index (χ4n) is 4.35. The zero-order valence-electron chi connectivity index (χ0n) is 14.3. The largest absolute Gasteiger partial charge is 0.346 e. The van der Waals surface area contributed by atoms with E-state index in [2.05, 4.69) is 32.6 Å². The third-order valence-electron chi connectivity index (χ3n) is 5.51. The minimum Gasteiger partial charge on any atom is -0.346 e. The molecule has 0 N–H and O–H groups in total. The van der Waals surface area contributed by atoms with Crippen LogP contribution < -0.4 is 10.3 Å². The molecule has 5 heteroatoms. The third kappa shape index (κ3) is 2.13. The molecule has 3 heterocycles. The predicted molar refractivity (Wildman–Crippen MR) is 106 cm³/mol. The summed E-state index contributed by atoms with van der Waals surface area (Å²) in [5.74, 6) is -0.202. The Bertz CT molecular complexity index is 1150. The van der Waals surface area contributed by atoms with Gasteiger partial charge in [-0.3, -0.25) is 9.59 Å². The molecule has 0 radical (unpaired) electrons. The van der Waals surface area contributed by atoms with Crippen LogP contribution in [0.25, 0.3) is 10.9 Å². The first kappa shape index (κ1) is 15.8. The number of para-hydroxylation sites is 1. The lowest BCUT2D eigenvalue weighted by atomic mass is 10.1. The number of aryl methyl sites for hydroxylation is 2. The van der Waals surface area contributed by atoms with Crippen LogP contribution in [0.2, 0.25) is 0 Å². The molecular weight excluding hydrogens is 392 g/mol. The van der Waals surface area contributed by atoms with Gasteiger partial charge < -0.3 is 9.47 Å². The molecule has 3 aromatic rings. The number of anilines is 1. The van der Waals surface area contributed by atoms with E-state index < -0.39 is 0 Å². The van der Waals surface area contributed by atoms with E-state index in [4.69, 9.17) is 0 Å². The monoisotopic (exact) mass is 408 g/mol. The maximum atomic E-state index is 13.4. The van der Waals surface area contributed by atoms with Gasteiger partial charge in [0.15, 0.2) is 0 Å². The van der Waals surface area contributed by atoms with Crippen LogP contribution in [0.15, 0.2) is 51.9 Å². The van der Waals surface area contributed by atoms with E-state index in [9.17, 15) is 9.59 Å². The second kappa shape index (κ2) is 5.55. The number of benzene rings is 2. The quantitative estimate of drug-likeness (QED) is 0.612. The lowest BCUT2D eigenvalue weighted by Gasteiger charge is -2.23. The first-order chi connectivity index (χ1) is 12.5. The number of pyridine rings is 1. The SMILES string of the molecule is CC1Cc2cc(Br)ccc2N1C(=O)c1cn2c3c(cccc3c1=O)CC2. The highest BCUT2D eigenvalue weighted by Gasteiger charge is 2.33. The number of carbonyl (C=O) groups excluding carboxylic acids is 1. The van der Waals surface area contributed by atoms with Gasteiger partial charge >= 0.3 is 0 Å². The fourth-order valence-corrected chi connectivity index (χ4v) is 4.76. The zero-order valence-corrected chi connectivity index (χ0v) is 15.9. The average molecular weight is 409 g/mol. The van der Waals surface area contributed by atoms with Crippen LogP contribution in [0.1, 0.15) is 28.4 Å². The molecule has 5 rings (SSSR count). The molecule has 0 spiro atoms. The van der Waals surface area contributed by atoms with E-state index in [0.717, 1.165) is 40.6 Å². The number of aromatic nitrogens is 1. The molecule has 0 fully saturated rings. The fraction of sp³-hybridized carbons (Fsp3) is 0.238. The normalized spacial score (nSPS) is 17.8. The van der Waals surface area contributed by atoms with Crippen LogP contribution >= 0.6 is 15.9 Å². The highest BCUT2D eigenvalue weighted by molar-refractivity contribution is 9.10. The number of hydrogen-bond donors (Lipinski definition) is 0. The summed E-state index contributed by atoms with van der Waals surface area (Å²) in [4.78, 5) is 28.2. The smallest absolute Gasteiger partial charge is 0.264 e. The molecule has 26 heavy (non-hydrogen) atoms. The van der Waals surface area contributed by atoms with Crippen molar-refractivity contribution >= 4 is 38.4 Å². The molecule has 1 unspecified atom stereocenters. The third-order valence-corrected chi connectivity index (χ3v) is 6.00. The summed E-state index contributed by atoms with van der Waals surface area (Å²) in [5, 5.41) is 0.647. The van der Waals surface area contributed by atoms with Crippen molar-refractivity contribution < 1.29 is 4.79 Å². The Morgan fingerprint density at radius 2 is 2.04 bits per heavy atom. The molecule has 1 atom stereocenters. The van der Waals surface area contributed by atoms with E-state index in [1.807, 2.05) is 31.2 Å². The first-order valence-corrected chi connectivity index (χ1v) is 9.61. The zero-order chi connectivity index (χ0) is 18.0. The molecule has 2 aliphatic heterocycles. The van der Waals surface area contributed by atoms with Crippen molar-refractivity contribution in [3.63, 3.8) is 0 Å². The van der Waals surface area contributed by atoms with Gasteiger partial charge in [0, 0.05) is 34.3 Å². The number of fused-ring (bicyclic) bond motifs is 1. The average Bonchev–Trinajstić information content (AvgIpc) is 3.18. The van der Waals surface area contributed by atoms with Gasteiger partial charge in [-0.05, 0) is 55.2 Å². The predicted octanol–water partition coefficient (Wildman–Crippen LogP) is 3.91. The molecule has 0 saturated carbocycles. The van der Waals surface area contributed by atoms with Crippen molar-refractivity contribution in [1.82, 2.24) is 4.57 Å². The van der Waals surface area contributed by atoms with Crippen LogP contribution in [0.4, 0.5) is 5.69 Å². The summed E-state index contributed by atoms with van der Waals surface area (Å²) >= 11 is 3.49. The Morgan fingerprint density at radius 1 is 1.19 bits per heavy atom. The Balaban J connectivity index is 1.68. The topological polar surface area (TPSA) is 42.3 Å². The van der Waals surface area contributed by atoms with Gasteiger partial charge in [-0.2, -0.15) is 0 Å². The summed E-state index contributed by atoms with van der Waals surface area (Å²) < 4.78 is 3.06. The van der Waals surface area contributed by atoms with Crippen LogP contribution in [0, 0.1) is 0 Å². The Morgan fingerprint density at radius 3 is 2.88 bits per heavy atom. The first-order valence-electron chi connectivity index (χ1n) is 8.81. The molecule has 0 saturated heterocycles. The van der Waals surface area contributed by atoms with Crippen molar-refractivity contribution in [3.8, 4) is 0 Å². The number of rotatable bonds is 1. The number of nitrogens with zero attached hydrogens (tertiary/aromatic N) is 2. The number of halogens is 1. The minimum atomic E-state index is -0.202. The lowest BCUT2D eigenvalue weighted by Crippen LogP contribution is -2.38. The molecular formula is C21H17BrN2O2.